The molecule has 100 valence electrons. The third kappa shape index (κ3) is 3.20. The summed E-state index contributed by atoms with van der Waals surface area (Å²) in [7, 11) is 0. The molecule has 3 nitrogen and oxygen atoms in total. The van der Waals surface area contributed by atoms with Crippen molar-refractivity contribution >= 4 is 23.1 Å². The van der Waals surface area contributed by atoms with Gasteiger partial charge in [0.2, 0.25) is 0 Å². The Balaban J connectivity index is 1.69. The van der Waals surface area contributed by atoms with Crippen LogP contribution in [0.15, 0.2) is 53.3 Å². The highest BCUT2D eigenvalue weighted by molar-refractivity contribution is 7.98. The molecule has 3 rings (SSSR count). The van der Waals surface area contributed by atoms with Crippen molar-refractivity contribution < 1.29 is 4.39 Å². The Morgan fingerprint density at radius 1 is 1.10 bits per heavy atom. The van der Waals surface area contributed by atoms with Gasteiger partial charge in [0.1, 0.15) is 10.8 Å². The number of hydrogen-bond acceptors (Lipinski definition) is 5. The van der Waals surface area contributed by atoms with E-state index in [2.05, 4.69) is 15.0 Å². The van der Waals surface area contributed by atoms with E-state index >= 15 is 0 Å². The summed E-state index contributed by atoms with van der Waals surface area (Å²) in [6, 6.07) is 8.17. The molecule has 0 bridgehead atoms. The normalized spacial score (nSPS) is 10.7. The average molecular weight is 303 g/mol. The van der Waals surface area contributed by atoms with Crippen LogP contribution in [0.25, 0.3) is 10.6 Å². The Hall–Kier alpha value is -1.79. The number of nitrogens with zero attached hydrogens (tertiary/aromatic N) is 3. The molecule has 2 heterocycles. The molecule has 0 aliphatic carbocycles. The van der Waals surface area contributed by atoms with Crippen molar-refractivity contribution in [1.82, 2.24) is 15.0 Å². The van der Waals surface area contributed by atoms with Gasteiger partial charge in [-0.05, 0) is 30.3 Å². The van der Waals surface area contributed by atoms with Crippen molar-refractivity contribution in [2.45, 2.75) is 10.9 Å². The van der Waals surface area contributed by atoms with Gasteiger partial charge < -0.3 is 0 Å². The van der Waals surface area contributed by atoms with E-state index in [1.54, 1.807) is 53.7 Å². The molecular formula is C14H10FN3S2. The number of aromatic nitrogens is 3. The summed E-state index contributed by atoms with van der Waals surface area (Å²) in [4.78, 5) is 12.9. The van der Waals surface area contributed by atoms with Gasteiger partial charge in [-0.3, -0.25) is 0 Å². The third-order valence-electron chi connectivity index (χ3n) is 2.53. The highest BCUT2D eigenvalue weighted by Crippen LogP contribution is 2.26. The predicted octanol–water partition coefficient (Wildman–Crippen LogP) is 4.03. The van der Waals surface area contributed by atoms with E-state index in [0.29, 0.717) is 0 Å². The topological polar surface area (TPSA) is 38.7 Å². The van der Waals surface area contributed by atoms with Gasteiger partial charge in [-0.2, -0.15) is 0 Å². The molecule has 0 amide bonds. The zero-order valence-electron chi connectivity index (χ0n) is 10.4. The summed E-state index contributed by atoms with van der Waals surface area (Å²) < 4.78 is 12.9. The lowest BCUT2D eigenvalue weighted by Gasteiger charge is -1.97. The SMILES string of the molecule is Fc1ccc(-c2nc(CSc3ncccn3)cs2)cc1. The molecule has 0 atom stereocenters. The van der Waals surface area contributed by atoms with Crippen LogP contribution < -0.4 is 0 Å². The molecule has 0 fully saturated rings. The fourth-order valence-electron chi connectivity index (χ4n) is 1.60. The lowest BCUT2D eigenvalue weighted by Crippen LogP contribution is -1.86. The second-order valence-corrected chi connectivity index (χ2v) is 5.77. The second-order valence-electron chi connectivity index (χ2n) is 3.97. The summed E-state index contributed by atoms with van der Waals surface area (Å²) >= 11 is 3.10. The van der Waals surface area contributed by atoms with Crippen LogP contribution in [0.2, 0.25) is 0 Å². The predicted molar refractivity (Wildman–Crippen MR) is 79.1 cm³/mol. The standard InChI is InChI=1S/C14H10FN3S2/c15-11-4-2-10(3-5-11)13-18-12(8-19-13)9-20-14-16-6-1-7-17-14/h1-8H,9H2. The number of benzene rings is 1. The summed E-state index contributed by atoms with van der Waals surface area (Å²) in [6.45, 7) is 0. The van der Waals surface area contributed by atoms with Gasteiger partial charge in [-0.15, -0.1) is 11.3 Å². The molecule has 20 heavy (non-hydrogen) atoms. The number of rotatable bonds is 4. The molecule has 3 aromatic rings. The Bertz CT molecular complexity index is 683. The van der Waals surface area contributed by atoms with Crippen molar-refractivity contribution in [3.8, 4) is 10.6 Å². The molecule has 0 saturated carbocycles. The van der Waals surface area contributed by atoms with E-state index in [1.165, 1.54) is 12.1 Å². The summed E-state index contributed by atoms with van der Waals surface area (Å²) in [6.07, 6.45) is 3.45. The molecule has 0 unspecified atom stereocenters. The maximum Gasteiger partial charge on any atom is 0.187 e. The molecule has 6 heteroatoms. The highest BCUT2D eigenvalue weighted by atomic mass is 32.2. The van der Waals surface area contributed by atoms with Crippen LogP contribution in [0.1, 0.15) is 5.69 Å². The first-order chi connectivity index (χ1) is 9.81. The van der Waals surface area contributed by atoms with Crippen molar-refractivity contribution in [3.05, 3.63) is 59.6 Å². The van der Waals surface area contributed by atoms with E-state index < -0.39 is 0 Å². The van der Waals surface area contributed by atoms with Crippen LogP contribution >= 0.6 is 23.1 Å². The Labute approximate surface area is 123 Å². The first-order valence-electron chi connectivity index (χ1n) is 5.91. The van der Waals surface area contributed by atoms with Crippen molar-refractivity contribution in [1.29, 1.82) is 0 Å². The molecule has 0 aliphatic rings. The molecule has 1 aromatic carbocycles. The lowest BCUT2D eigenvalue weighted by atomic mass is 10.2. The van der Waals surface area contributed by atoms with Gasteiger partial charge in [-0.1, -0.05) is 11.8 Å². The Kier molecular flexibility index (Phi) is 4.03. The Morgan fingerprint density at radius 2 is 1.85 bits per heavy atom. The highest BCUT2D eigenvalue weighted by Gasteiger charge is 2.06. The van der Waals surface area contributed by atoms with E-state index in [4.69, 9.17) is 0 Å². The molecular weight excluding hydrogens is 293 g/mol. The van der Waals surface area contributed by atoms with Crippen LogP contribution in [0, 0.1) is 5.82 Å². The minimum atomic E-state index is -0.234. The molecule has 0 aliphatic heterocycles. The van der Waals surface area contributed by atoms with Crippen LogP contribution in [-0.4, -0.2) is 15.0 Å². The first-order valence-corrected chi connectivity index (χ1v) is 7.78. The fraction of sp³-hybridized carbons (Fsp3) is 0.0714. The van der Waals surface area contributed by atoms with Crippen molar-refractivity contribution in [2.75, 3.05) is 0 Å². The van der Waals surface area contributed by atoms with Crippen LogP contribution in [0.5, 0.6) is 0 Å². The van der Waals surface area contributed by atoms with Gasteiger partial charge in [0.05, 0.1) is 5.69 Å². The monoisotopic (exact) mass is 303 g/mol. The molecule has 0 saturated heterocycles. The maximum atomic E-state index is 12.9. The number of halogens is 1. The fourth-order valence-corrected chi connectivity index (χ4v) is 3.22. The molecule has 0 spiro atoms. The van der Waals surface area contributed by atoms with Crippen molar-refractivity contribution in [2.24, 2.45) is 0 Å². The van der Waals surface area contributed by atoms with E-state index in [9.17, 15) is 4.39 Å². The van der Waals surface area contributed by atoms with Crippen LogP contribution in [0.4, 0.5) is 4.39 Å². The lowest BCUT2D eigenvalue weighted by molar-refractivity contribution is 0.628. The third-order valence-corrected chi connectivity index (χ3v) is 4.38. The molecule has 0 N–H and O–H groups in total. The largest absolute Gasteiger partial charge is 0.240 e. The van der Waals surface area contributed by atoms with Crippen molar-refractivity contribution in [3.63, 3.8) is 0 Å². The van der Waals surface area contributed by atoms with Crippen LogP contribution in [-0.2, 0) is 5.75 Å². The maximum absolute atomic E-state index is 12.9. The van der Waals surface area contributed by atoms with E-state index in [-0.39, 0.29) is 5.82 Å². The van der Waals surface area contributed by atoms with Gasteiger partial charge in [0.25, 0.3) is 0 Å². The minimum absolute atomic E-state index is 0.234. The number of thiazole rings is 1. The first kappa shape index (κ1) is 13.2. The van der Waals surface area contributed by atoms with E-state index in [1.807, 2.05) is 5.38 Å². The van der Waals surface area contributed by atoms with Gasteiger partial charge >= 0.3 is 0 Å². The Morgan fingerprint density at radius 3 is 2.60 bits per heavy atom. The quantitative estimate of drug-likeness (QED) is 0.539. The minimum Gasteiger partial charge on any atom is -0.240 e. The zero-order valence-corrected chi connectivity index (χ0v) is 12.0. The zero-order chi connectivity index (χ0) is 13.8. The number of hydrogen-bond donors (Lipinski definition) is 0. The molecule has 2 aromatic heterocycles. The molecule has 0 radical (unpaired) electrons. The van der Waals surface area contributed by atoms with E-state index in [0.717, 1.165) is 27.2 Å². The average Bonchev–Trinajstić information content (AvgIpc) is 2.96. The smallest absolute Gasteiger partial charge is 0.187 e. The van der Waals surface area contributed by atoms with Gasteiger partial charge in [-0.25, -0.2) is 19.3 Å². The van der Waals surface area contributed by atoms with Gasteiger partial charge in [0.15, 0.2) is 5.16 Å². The second kappa shape index (κ2) is 6.11. The summed E-state index contributed by atoms with van der Waals surface area (Å²) in [5.41, 5.74) is 1.91. The number of thioether (sulfide) groups is 1. The summed E-state index contributed by atoms with van der Waals surface area (Å²) in [5, 5.41) is 3.65. The summed E-state index contributed by atoms with van der Waals surface area (Å²) in [5.74, 6) is 0.490. The van der Waals surface area contributed by atoms with Gasteiger partial charge in [0, 0.05) is 29.1 Å². The van der Waals surface area contributed by atoms with Crippen LogP contribution in [0.3, 0.4) is 0 Å².